The highest BCUT2D eigenvalue weighted by Gasteiger charge is 2.16. The van der Waals surface area contributed by atoms with Crippen LogP contribution >= 0.6 is 11.3 Å². The van der Waals surface area contributed by atoms with E-state index in [1.54, 1.807) is 24.5 Å². The molecule has 6 nitrogen and oxygen atoms in total. The zero-order chi connectivity index (χ0) is 19.0. The van der Waals surface area contributed by atoms with Gasteiger partial charge in [0.1, 0.15) is 18.2 Å². The largest absolute Gasteiger partial charge is 0.269 e. The number of aromatic nitrogens is 4. The Labute approximate surface area is 157 Å². The molecule has 0 aliphatic rings. The van der Waals surface area contributed by atoms with Crippen molar-refractivity contribution in [3.63, 3.8) is 0 Å². The van der Waals surface area contributed by atoms with Crippen LogP contribution in [0.25, 0.3) is 16.2 Å². The lowest BCUT2D eigenvalue weighted by molar-refractivity contribution is 0.609. The van der Waals surface area contributed by atoms with Crippen LogP contribution in [-0.4, -0.2) is 19.4 Å². The van der Waals surface area contributed by atoms with Crippen LogP contribution in [-0.2, 0) is 6.42 Å². The first-order valence-corrected chi connectivity index (χ1v) is 8.85. The van der Waals surface area contributed by atoms with Gasteiger partial charge in [0.05, 0.1) is 17.0 Å². The molecule has 0 spiro atoms. The summed E-state index contributed by atoms with van der Waals surface area (Å²) in [6.07, 6.45) is 4.85. The van der Waals surface area contributed by atoms with E-state index in [9.17, 15) is 9.18 Å². The van der Waals surface area contributed by atoms with Crippen molar-refractivity contribution >= 4 is 16.3 Å². The topological polar surface area (TPSA) is 83.9 Å². The number of hydrogen-bond donors (Lipinski definition) is 0. The summed E-state index contributed by atoms with van der Waals surface area (Å²) in [6, 6.07) is 7.84. The molecule has 0 atom stereocenters. The molecular weight excluding hydrogens is 365 g/mol. The van der Waals surface area contributed by atoms with Crippen molar-refractivity contribution in [1.82, 2.24) is 19.4 Å². The van der Waals surface area contributed by atoms with E-state index in [4.69, 9.17) is 5.26 Å². The Morgan fingerprint density at radius 2 is 2.07 bits per heavy atom. The molecule has 0 saturated carbocycles. The normalized spacial score (nSPS) is 10.9. The van der Waals surface area contributed by atoms with Crippen molar-refractivity contribution in [3.05, 3.63) is 80.9 Å². The van der Waals surface area contributed by atoms with E-state index in [1.807, 2.05) is 13.0 Å². The minimum Gasteiger partial charge on any atom is -0.269 e. The summed E-state index contributed by atoms with van der Waals surface area (Å²) in [7, 11) is 0. The van der Waals surface area contributed by atoms with E-state index in [-0.39, 0.29) is 17.5 Å². The van der Waals surface area contributed by atoms with Crippen LogP contribution in [0.1, 0.15) is 21.7 Å². The molecular formula is C19H12FN5OS. The molecule has 0 N–H and O–H groups in total. The first-order chi connectivity index (χ1) is 13.1. The molecule has 4 rings (SSSR count). The Hall–Kier alpha value is -3.44. The maximum absolute atomic E-state index is 14.3. The molecule has 132 valence electrons. The van der Waals surface area contributed by atoms with Crippen molar-refractivity contribution < 1.29 is 4.39 Å². The lowest BCUT2D eigenvalue weighted by Gasteiger charge is -2.05. The summed E-state index contributed by atoms with van der Waals surface area (Å²) in [5.74, 6) is -0.577. The number of fused-ring (bicyclic) bond motifs is 1. The third-order valence-electron chi connectivity index (χ3n) is 4.15. The van der Waals surface area contributed by atoms with Crippen LogP contribution in [0, 0.1) is 24.1 Å². The molecule has 1 aromatic carbocycles. The summed E-state index contributed by atoms with van der Waals surface area (Å²) in [5.41, 5.74) is 1.93. The lowest BCUT2D eigenvalue weighted by Crippen LogP contribution is -2.15. The maximum atomic E-state index is 14.3. The Morgan fingerprint density at radius 1 is 1.30 bits per heavy atom. The second-order valence-corrected chi connectivity index (χ2v) is 7.09. The Bertz CT molecular complexity index is 1260. The molecule has 0 aliphatic carbocycles. The predicted octanol–water partition coefficient (Wildman–Crippen LogP) is 3.12. The molecule has 8 heteroatoms. The molecule has 3 heterocycles. The van der Waals surface area contributed by atoms with Gasteiger partial charge in [-0.25, -0.2) is 19.3 Å². The van der Waals surface area contributed by atoms with Crippen molar-refractivity contribution in [2.75, 3.05) is 0 Å². The van der Waals surface area contributed by atoms with Crippen molar-refractivity contribution in [1.29, 1.82) is 5.26 Å². The SMILES string of the molecule is Cc1sc2nc(Cc3cccc(C#N)c3F)cc(=O)n2c1-c1cncnc1. The van der Waals surface area contributed by atoms with E-state index >= 15 is 0 Å². The summed E-state index contributed by atoms with van der Waals surface area (Å²) in [4.78, 5) is 26.7. The number of hydrogen-bond acceptors (Lipinski definition) is 6. The molecule has 0 amide bonds. The zero-order valence-electron chi connectivity index (χ0n) is 14.2. The van der Waals surface area contributed by atoms with E-state index in [1.165, 1.54) is 34.2 Å². The second-order valence-electron chi connectivity index (χ2n) is 5.90. The third-order valence-corrected chi connectivity index (χ3v) is 5.10. The highest BCUT2D eigenvalue weighted by atomic mass is 32.1. The fourth-order valence-electron chi connectivity index (χ4n) is 2.97. The average Bonchev–Trinajstić information content (AvgIpc) is 3.00. The van der Waals surface area contributed by atoms with Crippen LogP contribution in [0.15, 0.2) is 47.8 Å². The van der Waals surface area contributed by atoms with E-state index < -0.39 is 5.82 Å². The first-order valence-electron chi connectivity index (χ1n) is 8.03. The minimum absolute atomic E-state index is 0.0244. The second kappa shape index (κ2) is 6.70. The Balaban J connectivity index is 1.83. The number of nitriles is 1. The predicted molar refractivity (Wildman–Crippen MR) is 99.0 cm³/mol. The van der Waals surface area contributed by atoms with E-state index in [0.717, 1.165) is 10.4 Å². The highest BCUT2D eigenvalue weighted by Crippen LogP contribution is 2.28. The quantitative estimate of drug-likeness (QED) is 0.548. The molecule has 0 radical (unpaired) electrons. The molecule has 0 saturated heterocycles. The number of nitrogens with zero attached hydrogens (tertiary/aromatic N) is 5. The summed E-state index contributed by atoms with van der Waals surface area (Å²) in [6.45, 7) is 1.90. The van der Waals surface area contributed by atoms with Crippen molar-refractivity contribution in [2.45, 2.75) is 13.3 Å². The van der Waals surface area contributed by atoms with E-state index in [2.05, 4.69) is 15.0 Å². The smallest absolute Gasteiger partial charge is 0.259 e. The summed E-state index contributed by atoms with van der Waals surface area (Å²) in [5, 5.41) is 8.97. The average molecular weight is 377 g/mol. The third kappa shape index (κ3) is 2.98. The van der Waals surface area contributed by atoms with Gasteiger partial charge < -0.3 is 0 Å². The van der Waals surface area contributed by atoms with Gasteiger partial charge in [-0.3, -0.25) is 9.20 Å². The first kappa shape index (κ1) is 17.0. The molecule has 0 fully saturated rings. The number of thiazole rings is 1. The van der Waals surface area contributed by atoms with Gasteiger partial charge in [0.25, 0.3) is 5.56 Å². The molecule has 27 heavy (non-hydrogen) atoms. The Kier molecular flexibility index (Phi) is 4.22. The van der Waals surface area contributed by atoms with Crippen LogP contribution in [0.5, 0.6) is 0 Å². The number of halogens is 1. The van der Waals surface area contributed by atoms with Crippen LogP contribution in [0.2, 0.25) is 0 Å². The molecule has 0 unspecified atom stereocenters. The number of rotatable bonds is 3. The van der Waals surface area contributed by atoms with Crippen molar-refractivity contribution in [3.8, 4) is 17.3 Å². The summed E-state index contributed by atoms with van der Waals surface area (Å²) < 4.78 is 15.8. The maximum Gasteiger partial charge on any atom is 0.259 e. The van der Waals surface area contributed by atoms with E-state index in [0.29, 0.717) is 21.9 Å². The van der Waals surface area contributed by atoms with Crippen LogP contribution in [0.4, 0.5) is 4.39 Å². The monoisotopic (exact) mass is 377 g/mol. The number of benzene rings is 1. The standard InChI is InChI=1S/C19H12FN5OS/c1-11-18(14-8-22-10-23-9-14)25-16(26)6-15(24-19(25)27-11)5-12-3-2-4-13(7-21)17(12)20/h2-4,6,8-10H,5H2,1H3. The number of aryl methyl sites for hydroxylation is 1. The molecule has 3 aromatic heterocycles. The Morgan fingerprint density at radius 3 is 2.81 bits per heavy atom. The minimum atomic E-state index is -0.577. The van der Waals surface area contributed by atoms with Crippen LogP contribution < -0.4 is 5.56 Å². The van der Waals surface area contributed by atoms with Gasteiger partial charge in [0, 0.05) is 35.3 Å². The lowest BCUT2D eigenvalue weighted by atomic mass is 10.1. The van der Waals surface area contributed by atoms with Gasteiger partial charge >= 0.3 is 0 Å². The van der Waals surface area contributed by atoms with Crippen LogP contribution in [0.3, 0.4) is 0 Å². The molecule has 0 bridgehead atoms. The van der Waals surface area contributed by atoms with Gasteiger partial charge in [-0.2, -0.15) is 5.26 Å². The van der Waals surface area contributed by atoms with Gasteiger partial charge in [0.2, 0.25) is 0 Å². The van der Waals surface area contributed by atoms with Gasteiger partial charge in [-0.05, 0) is 18.6 Å². The van der Waals surface area contributed by atoms with Gasteiger partial charge in [-0.1, -0.05) is 12.1 Å². The highest BCUT2D eigenvalue weighted by molar-refractivity contribution is 7.17. The fraction of sp³-hybridized carbons (Fsp3) is 0.105. The van der Waals surface area contributed by atoms with Crippen molar-refractivity contribution in [2.24, 2.45) is 0 Å². The fourth-order valence-corrected chi connectivity index (χ4v) is 3.98. The zero-order valence-corrected chi connectivity index (χ0v) is 15.0. The summed E-state index contributed by atoms with van der Waals surface area (Å²) >= 11 is 1.37. The molecule has 0 aliphatic heterocycles. The molecule has 4 aromatic rings. The van der Waals surface area contributed by atoms with Gasteiger partial charge in [0.15, 0.2) is 4.96 Å². The van der Waals surface area contributed by atoms with Gasteiger partial charge in [-0.15, -0.1) is 11.3 Å².